The van der Waals surface area contributed by atoms with Crippen LogP contribution in [0.2, 0.25) is 0 Å². The number of rotatable bonds is 5. The Morgan fingerprint density at radius 3 is 3.06 bits per heavy atom. The third-order valence-electron chi connectivity index (χ3n) is 3.53. The third kappa shape index (κ3) is 3.07. The summed E-state index contributed by atoms with van der Waals surface area (Å²) in [7, 11) is 1.97. The van der Waals surface area contributed by atoms with E-state index in [2.05, 4.69) is 18.1 Å². The first-order chi connectivity index (χ1) is 8.20. The molecule has 2 rings (SSSR count). The van der Waals surface area contributed by atoms with Gasteiger partial charge in [-0.05, 0) is 38.2 Å². The van der Waals surface area contributed by atoms with E-state index < -0.39 is 0 Å². The summed E-state index contributed by atoms with van der Waals surface area (Å²) in [6, 6.07) is 2.21. The molecule has 1 aromatic heterocycles. The zero-order valence-corrected chi connectivity index (χ0v) is 10.9. The lowest BCUT2D eigenvalue weighted by molar-refractivity contribution is 0.100. The minimum absolute atomic E-state index is 0.0806. The summed E-state index contributed by atoms with van der Waals surface area (Å²) in [5.74, 6) is 0. The molecule has 0 bridgehead atoms. The molecule has 4 heteroatoms. The van der Waals surface area contributed by atoms with Gasteiger partial charge >= 0.3 is 0 Å². The molecule has 0 amide bonds. The summed E-state index contributed by atoms with van der Waals surface area (Å²) in [5, 5.41) is 4.44. The van der Waals surface area contributed by atoms with Crippen LogP contribution in [0.15, 0.2) is 6.07 Å². The molecule has 0 aromatic carbocycles. The van der Waals surface area contributed by atoms with Gasteiger partial charge in [-0.25, -0.2) is 0 Å². The summed E-state index contributed by atoms with van der Waals surface area (Å²) in [6.45, 7) is 3.04. The molecule has 2 unspecified atom stereocenters. The predicted octanol–water partition coefficient (Wildman–Crippen LogP) is 1.94. The Labute approximate surface area is 103 Å². The van der Waals surface area contributed by atoms with Crippen molar-refractivity contribution in [3.63, 3.8) is 0 Å². The molecule has 1 aliphatic heterocycles. The molecule has 0 saturated carbocycles. The first kappa shape index (κ1) is 12.6. The van der Waals surface area contributed by atoms with Gasteiger partial charge in [0.05, 0.1) is 17.5 Å². The highest BCUT2D eigenvalue weighted by Gasteiger charge is 2.18. The number of ether oxygens (including phenoxy) is 1. The average Bonchev–Trinajstić information content (AvgIpc) is 2.94. The fourth-order valence-electron chi connectivity index (χ4n) is 2.45. The number of nitrogens with zero attached hydrogens (tertiary/aromatic N) is 2. The highest BCUT2D eigenvalue weighted by Crippen LogP contribution is 2.22. The second-order valence-electron chi connectivity index (χ2n) is 4.86. The van der Waals surface area contributed by atoms with Gasteiger partial charge in [-0.2, -0.15) is 5.10 Å². The van der Waals surface area contributed by atoms with Crippen LogP contribution in [-0.4, -0.2) is 22.5 Å². The second-order valence-corrected chi connectivity index (χ2v) is 4.86. The van der Waals surface area contributed by atoms with Gasteiger partial charge in [-0.1, -0.05) is 6.92 Å². The summed E-state index contributed by atoms with van der Waals surface area (Å²) >= 11 is 0. The quantitative estimate of drug-likeness (QED) is 0.851. The van der Waals surface area contributed by atoms with E-state index in [1.807, 2.05) is 11.7 Å². The van der Waals surface area contributed by atoms with Gasteiger partial charge < -0.3 is 10.5 Å². The van der Waals surface area contributed by atoms with E-state index >= 15 is 0 Å². The number of aryl methyl sites for hydroxylation is 2. The van der Waals surface area contributed by atoms with E-state index in [1.54, 1.807) is 0 Å². The standard InChI is InChI=1S/C13H23N3O/c1-3-10-9-13(16(2)15-10)12(14)7-6-11-5-4-8-17-11/h9,11-12H,3-8,14H2,1-2H3. The Kier molecular flexibility index (Phi) is 4.18. The zero-order valence-electron chi connectivity index (χ0n) is 10.9. The smallest absolute Gasteiger partial charge is 0.0625 e. The highest BCUT2D eigenvalue weighted by atomic mass is 16.5. The topological polar surface area (TPSA) is 53.1 Å². The van der Waals surface area contributed by atoms with Crippen molar-refractivity contribution in [2.45, 2.75) is 51.2 Å². The monoisotopic (exact) mass is 237 g/mol. The summed E-state index contributed by atoms with van der Waals surface area (Å²) < 4.78 is 7.53. The average molecular weight is 237 g/mol. The maximum Gasteiger partial charge on any atom is 0.0625 e. The Morgan fingerprint density at radius 1 is 1.65 bits per heavy atom. The maximum atomic E-state index is 6.23. The van der Waals surface area contributed by atoms with Crippen LogP contribution in [0.5, 0.6) is 0 Å². The van der Waals surface area contributed by atoms with Crippen molar-refractivity contribution >= 4 is 0 Å². The van der Waals surface area contributed by atoms with Gasteiger partial charge in [-0.15, -0.1) is 0 Å². The van der Waals surface area contributed by atoms with Crippen LogP contribution in [0.4, 0.5) is 0 Å². The van der Waals surface area contributed by atoms with Gasteiger partial charge in [0, 0.05) is 19.7 Å². The van der Waals surface area contributed by atoms with Gasteiger partial charge in [0.2, 0.25) is 0 Å². The fourth-order valence-corrected chi connectivity index (χ4v) is 2.45. The molecule has 0 radical (unpaired) electrons. The largest absolute Gasteiger partial charge is 0.378 e. The fraction of sp³-hybridized carbons (Fsp3) is 0.769. The van der Waals surface area contributed by atoms with E-state index in [9.17, 15) is 0 Å². The molecule has 4 nitrogen and oxygen atoms in total. The molecular formula is C13H23N3O. The van der Waals surface area contributed by atoms with Crippen molar-refractivity contribution < 1.29 is 4.74 Å². The molecule has 2 atom stereocenters. The minimum atomic E-state index is 0.0806. The van der Waals surface area contributed by atoms with Gasteiger partial charge in [0.15, 0.2) is 0 Å². The number of aromatic nitrogens is 2. The molecule has 1 aromatic rings. The van der Waals surface area contributed by atoms with Crippen LogP contribution in [0, 0.1) is 0 Å². The molecule has 2 N–H and O–H groups in total. The molecule has 1 saturated heterocycles. The number of nitrogens with two attached hydrogens (primary N) is 1. The summed E-state index contributed by atoms with van der Waals surface area (Å²) in [5.41, 5.74) is 8.48. The van der Waals surface area contributed by atoms with Crippen molar-refractivity contribution in [2.24, 2.45) is 12.8 Å². The number of hydrogen-bond acceptors (Lipinski definition) is 3. The van der Waals surface area contributed by atoms with E-state index in [0.717, 1.165) is 37.3 Å². The van der Waals surface area contributed by atoms with Crippen molar-refractivity contribution in [1.82, 2.24) is 9.78 Å². The minimum Gasteiger partial charge on any atom is -0.378 e. The molecule has 1 aliphatic rings. The van der Waals surface area contributed by atoms with Crippen LogP contribution in [-0.2, 0) is 18.2 Å². The Morgan fingerprint density at radius 2 is 2.47 bits per heavy atom. The van der Waals surface area contributed by atoms with Crippen molar-refractivity contribution in [3.05, 3.63) is 17.5 Å². The van der Waals surface area contributed by atoms with Gasteiger partial charge in [0.1, 0.15) is 0 Å². The van der Waals surface area contributed by atoms with Gasteiger partial charge in [-0.3, -0.25) is 4.68 Å². The Bertz CT molecular complexity index is 356. The van der Waals surface area contributed by atoms with Crippen molar-refractivity contribution in [3.8, 4) is 0 Å². The van der Waals surface area contributed by atoms with Gasteiger partial charge in [0.25, 0.3) is 0 Å². The van der Waals surface area contributed by atoms with E-state index in [1.165, 1.54) is 12.8 Å². The van der Waals surface area contributed by atoms with Crippen molar-refractivity contribution in [1.29, 1.82) is 0 Å². The van der Waals surface area contributed by atoms with Crippen molar-refractivity contribution in [2.75, 3.05) is 6.61 Å². The molecule has 96 valence electrons. The zero-order chi connectivity index (χ0) is 12.3. The first-order valence-corrected chi connectivity index (χ1v) is 6.60. The lowest BCUT2D eigenvalue weighted by Crippen LogP contribution is -2.17. The highest BCUT2D eigenvalue weighted by molar-refractivity contribution is 5.13. The Balaban J connectivity index is 1.89. The molecule has 17 heavy (non-hydrogen) atoms. The first-order valence-electron chi connectivity index (χ1n) is 6.60. The molecule has 1 fully saturated rings. The maximum absolute atomic E-state index is 6.23. The molecular weight excluding hydrogens is 214 g/mol. The lowest BCUT2D eigenvalue weighted by Gasteiger charge is -2.14. The van der Waals surface area contributed by atoms with Crippen LogP contribution in [0.3, 0.4) is 0 Å². The Hall–Kier alpha value is -0.870. The number of hydrogen-bond donors (Lipinski definition) is 1. The van der Waals surface area contributed by atoms with Crippen LogP contribution < -0.4 is 5.73 Å². The molecule has 2 heterocycles. The SMILES string of the molecule is CCc1cc(C(N)CCC2CCCO2)n(C)n1. The van der Waals surface area contributed by atoms with Crippen LogP contribution in [0.25, 0.3) is 0 Å². The normalized spacial score (nSPS) is 21.9. The van der Waals surface area contributed by atoms with Crippen LogP contribution in [0.1, 0.15) is 50.0 Å². The van der Waals surface area contributed by atoms with E-state index in [-0.39, 0.29) is 6.04 Å². The molecule has 0 spiro atoms. The molecule has 0 aliphatic carbocycles. The second kappa shape index (κ2) is 5.65. The van der Waals surface area contributed by atoms with Crippen LogP contribution >= 0.6 is 0 Å². The lowest BCUT2D eigenvalue weighted by atomic mass is 10.0. The third-order valence-corrected chi connectivity index (χ3v) is 3.53. The summed E-state index contributed by atoms with van der Waals surface area (Å²) in [6.07, 6.45) is 5.83. The van der Waals surface area contributed by atoms with E-state index in [0.29, 0.717) is 6.10 Å². The van der Waals surface area contributed by atoms with E-state index in [4.69, 9.17) is 10.5 Å². The predicted molar refractivity (Wildman–Crippen MR) is 67.7 cm³/mol. The summed E-state index contributed by atoms with van der Waals surface area (Å²) in [4.78, 5) is 0.